The highest BCUT2D eigenvalue weighted by Gasteiger charge is 2.35. The molecule has 3 atom stereocenters. The molecule has 0 aliphatic carbocycles. The number of ether oxygens (including phenoxy) is 4. The van der Waals surface area contributed by atoms with Crippen LogP contribution in [0.1, 0.15) is 41.0 Å². The van der Waals surface area contributed by atoms with E-state index in [0.29, 0.717) is 31.3 Å². The summed E-state index contributed by atoms with van der Waals surface area (Å²) >= 11 is 0. The quantitative estimate of drug-likeness (QED) is 0.605. The lowest BCUT2D eigenvalue weighted by Gasteiger charge is -2.34. The Kier molecular flexibility index (Phi) is 4.56. The lowest BCUT2D eigenvalue weighted by atomic mass is 9.92. The minimum absolute atomic E-state index is 0.120. The van der Waals surface area contributed by atoms with Gasteiger partial charge in [0.1, 0.15) is 6.10 Å². The standard InChI is InChI=1S/C15H28O4/c1-11(15(4,5)19-10-13-9-17-13)7-18-14(2,3)6-12-8-16-12/h11-13H,6-10H2,1-5H3. The van der Waals surface area contributed by atoms with Crippen molar-refractivity contribution in [2.75, 3.05) is 26.4 Å². The van der Waals surface area contributed by atoms with Crippen LogP contribution < -0.4 is 0 Å². The van der Waals surface area contributed by atoms with Gasteiger partial charge < -0.3 is 18.9 Å². The van der Waals surface area contributed by atoms with Crippen LogP contribution in [0, 0.1) is 5.92 Å². The average molecular weight is 272 g/mol. The molecular formula is C15H28O4. The van der Waals surface area contributed by atoms with Crippen molar-refractivity contribution in [3.63, 3.8) is 0 Å². The van der Waals surface area contributed by atoms with Crippen molar-refractivity contribution in [2.24, 2.45) is 5.92 Å². The number of hydrogen-bond donors (Lipinski definition) is 0. The van der Waals surface area contributed by atoms with E-state index in [9.17, 15) is 0 Å². The number of rotatable bonds is 9. The Morgan fingerprint density at radius 1 is 1.05 bits per heavy atom. The predicted octanol–water partition coefficient (Wildman–Crippen LogP) is 2.40. The van der Waals surface area contributed by atoms with Crippen LogP contribution in [-0.2, 0) is 18.9 Å². The summed E-state index contributed by atoms with van der Waals surface area (Å²) in [6, 6.07) is 0. The van der Waals surface area contributed by atoms with Gasteiger partial charge in [-0.05, 0) is 27.7 Å². The number of hydrogen-bond acceptors (Lipinski definition) is 4. The molecule has 4 nitrogen and oxygen atoms in total. The van der Waals surface area contributed by atoms with E-state index in [4.69, 9.17) is 18.9 Å². The maximum Gasteiger partial charge on any atom is 0.104 e. The molecule has 19 heavy (non-hydrogen) atoms. The topological polar surface area (TPSA) is 43.5 Å². The second-order valence-corrected chi connectivity index (χ2v) is 7.00. The minimum Gasteiger partial charge on any atom is -0.375 e. The Balaban J connectivity index is 1.69. The first-order valence-corrected chi connectivity index (χ1v) is 7.30. The van der Waals surface area contributed by atoms with Crippen molar-refractivity contribution in [2.45, 2.75) is 64.4 Å². The molecular weight excluding hydrogens is 244 g/mol. The first-order valence-electron chi connectivity index (χ1n) is 7.30. The zero-order valence-corrected chi connectivity index (χ0v) is 12.9. The van der Waals surface area contributed by atoms with Crippen LogP contribution in [0.2, 0.25) is 0 Å². The zero-order chi connectivity index (χ0) is 14.1. The Hall–Kier alpha value is -0.160. The van der Waals surface area contributed by atoms with E-state index in [1.807, 2.05) is 0 Å². The summed E-state index contributed by atoms with van der Waals surface area (Å²) in [4.78, 5) is 0. The van der Waals surface area contributed by atoms with Crippen molar-refractivity contribution < 1.29 is 18.9 Å². The molecule has 2 saturated heterocycles. The van der Waals surface area contributed by atoms with Crippen molar-refractivity contribution >= 4 is 0 Å². The summed E-state index contributed by atoms with van der Waals surface area (Å²) < 4.78 is 22.5. The molecule has 2 heterocycles. The predicted molar refractivity (Wildman–Crippen MR) is 73.3 cm³/mol. The van der Waals surface area contributed by atoms with E-state index in [1.165, 1.54) is 0 Å². The summed E-state index contributed by atoms with van der Waals surface area (Å²) in [6.07, 6.45) is 1.69. The smallest absolute Gasteiger partial charge is 0.104 e. The van der Waals surface area contributed by atoms with Crippen LogP contribution in [0.25, 0.3) is 0 Å². The first-order chi connectivity index (χ1) is 8.78. The highest BCUT2D eigenvalue weighted by molar-refractivity contribution is 4.83. The molecule has 4 heteroatoms. The fourth-order valence-electron chi connectivity index (χ4n) is 1.96. The van der Waals surface area contributed by atoms with E-state index in [0.717, 1.165) is 19.6 Å². The monoisotopic (exact) mass is 272 g/mol. The maximum absolute atomic E-state index is 6.06. The molecule has 0 aromatic carbocycles. The molecule has 2 aliphatic heterocycles. The van der Waals surface area contributed by atoms with E-state index < -0.39 is 0 Å². The summed E-state index contributed by atoms with van der Waals surface area (Å²) in [6.45, 7) is 13.8. The van der Waals surface area contributed by atoms with Gasteiger partial charge in [-0.2, -0.15) is 0 Å². The summed E-state index contributed by atoms with van der Waals surface area (Å²) in [5.74, 6) is 0.339. The maximum atomic E-state index is 6.06. The van der Waals surface area contributed by atoms with Crippen LogP contribution in [-0.4, -0.2) is 49.8 Å². The fourth-order valence-corrected chi connectivity index (χ4v) is 1.96. The molecule has 2 aliphatic rings. The third-order valence-corrected chi connectivity index (χ3v) is 4.08. The highest BCUT2D eigenvalue weighted by Crippen LogP contribution is 2.28. The molecule has 0 bridgehead atoms. The van der Waals surface area contributed by atoms with Crippen LogP contribution in [0.5, 0.6) is 0 Å². The molecule has 0 aromatic rings. The lowest BCUT2D eigenvalue weighted by Crippen LogP contribution is -2.39. The molecule has 2 rings (SSSR count). The molecule has 0 spiro atoms. The van der Waals surface area contributed by atoms with Gasteiger partial charge >= 0.3 is 0 Å². The van der Waals surface area contributed by atoms with E-state index in [-0.39, 0.29) is 11.2 Å². The second-order valence-electron chi connectivity index (χ2n) is 7.00. The molecule has 0 N–H and O–H groups in total. The van der Waals surface area contributed by atoms with E-state index in [2.05, 4.69) is 34.6 Å². The number of epoxide rings is 2. The molecule has 112 valence electrons. The van der Waals surface area contributed by atoms with Crippen molar-refractivity contribution in [3.05, 3.63) is 0 Å². The van der Waals surface area contributed by atoms with Crippen molar-refractivity contribution in [1.82, 2.24) is 0 Å². The highest BCUT2D eigenvalue weighted by atomic mass is 16.6. The fraction of sp³-hybridized carbons (Fsp3) is 1.00. The van der Waals surface area contributed by atoms with Crippen LogP contribution in [0.4, 0.5) is 0 Å². The Morgan fingerprint density at radius 3 is 2.16 bits per heavy atom. The van der Waals surface area contributed by atoms with Gasteiger partial charge in [0.2, 0.25) is 0 Å². The SMILES string of the molecule is CC(COC(C)(C)CC1CO1)C(C)(C)OCC1CO1. The third-order valence-electron chi connectivity index (χ3n) is 4.08. The normalized spacial score (nSPS) is 28.3. The van der Waals surface area contributed by atoms with Gasteiger partial charge in [-0.25, -0.2) is 0 Å². The third kappa shape index (κ3) is 5.38. The lowest BCUT2D eigenvalue weighted by molar-refractivity contribution is -0.111. The summed E-state index contributed by atoms with van der Waals surface area (Å²) in [7, 11) is 0. The van der Waals surface area contributed by atoms with Crippen molar-refractivity contribution in [3.8, 4) is 0 Å². The van der Waals surface area contributed by atoms with Gasteiger partial charge in [-0.15, -0.1) is 0 Å². The van der Waals surface area contributed by atoms with Gasteiger partial charge in [0.25, 0.3) is 0 Å². The average Bonchev–Trinajstić information content (AvgIpc) is 3.17. The van der Waals surface area contributed by atoms with Crippen molar-refractivity contribution in [1.29, 1.82) is 0 Å². The molecule has 0 radical (unpaired) electrons. The van der Waals surface area contributed by atoms with E-state index in [1.54, 1.807) is 0 Å². The summed E-state index contributed by atoms with van der Waals surface area (Å²) in [5, 5.41) is 0. The van der Waals surface area contributed by atoms with E-state index >= 15 is 0 Å². The Bertz CT molecular complexity index is 293. The molecule has 2 fully saturated rings. The molecule has 0 amide bonds. The molecule has 0 saturated carbocycles. The minimum atomic E-state index is -0.182. The summed E-state index contributed by atoms with van der Waals surface area (Å²) in [5.41, 5.74) is -0.302. The second kappa shape index (κ2) is 5.68. The van der Waals surface area contributed by atoms with Crippen LogP contribution in [0.3, 0.4) is 0 Å². The first kappa shape index (κ1) is 15.2. The van der Waals surface area contributed by atoms with Gasteiger partial charge in [-0.3, -0.25) is 0 Å². The zero-order valence-electron chi connectivity index (χ0n) is 12.9. The Labute approximate surface area is 116 Å². The van der Waals surface area contributed by atoms with Gasteiger partial charge in [0, 0.05) is 12.3 Å². The molecule has 3 unspecified atom stereocenters. The van der Waals surface area contributed by atoms with Gasteiger partial charge in [-0.1, -0.05) is 6.92 Å². The van der Waals surface area contributed by atoms with Gasteiger partial charge in [0.15, 0.2) is 0 Å². The van der Waals surface area contributed by atoms with Crippen LogP contribution >= 0.6 is 0 Å². The largest absolute Gasteiger partial charge is 0.375 e. The van der Waals surface area contributed by atoms with Gasteiger partial charge in [0.05, 0.1) is 43.7 Å². The molecule has 0 aromatic heterocycles. The Morgan fingerprint density at radius 2 is 1.63 bits per heavy atom. The van der Waals surface area contributed by atoms with Crippen LogP contribution in [0.15, 0.2) is 0 Å².